The second-order valence-electron chi connectivity index (χ2n) is 3.24. The van der Waals surface area contributed by atoms with Gasteiger partial charge in [0.2, 0.25) is 0 Å². The quantitative estimate of drug-likeness (QED) is 0.900. The van der Waals surface area contributed by atoms with Gasteiger partial charge in [0, 0.05) is 5.38 Å². The van der Waals surface area contributed by atoms with Crippen LogP contribution in [-0.4, -0.2) is 5.91 Å². The van der Waals surface area contributed by atoms with Crippen LogP contribution in [0.2, 0.25) is 5.02 Å². The number of nitrogens with zero attached hydrogens (tertiary/aromatic N) is 1. The van der Waals surface area contributed by atoms with Gasteiger partial charge < -0.3 is 5.32 Å². The fraction of sp³-hybridized carbons (Fsp3) is 0. The molecule has 0 aliphatic rings. The maximum Gasteiger partial charge on any atom is 0.265 e. The molecule has 1 N–H and O–H groups in total. The van der Waals surface area contributed by atoms with Gasteiger partial charge in [0.15, 0.2) is 0 Å². The fourth-order valence-electron chi connectivity index (χ4n) is 1.31. The van der Waals surface area contributed by atoms with Gasteiger partial charge in [0.05, 0.1) is 21.2 Å². The number of nitriles is 1. The third-order valence-electron chi connectivity index (χ3n) is 2.09. The Hall–Kier alpha value is -1.83. The molecule has 0 spiro atoms. The summed E-state index contributed by atoms with van der Waals surface area (Å²) in [4.78, 5) is 12.3. The Labute approximate surface area is 107 Å². The Morgan fingerprint density at radius 1 is 1.41 bits per heavy atom. The number of thiophene rings is 1. The van der Waals surface area contributed by atoms with E-state index in [-0.39, 0.29) is 5.91 Å². The first-order valence-corrected chi connectivity index (χ1v) is 6.01. The normalized spacial score (nSPS) is 9.65. The summed E-state index contributed by atoms with van der Waals surface area (Å²) >= 11 is 7.01. The van der Waals surface area contributed by atoms with E-state index in [1.807, 2.05) is 6.07 Å². The molecule has 0 saturated carbocycles. The van der Waals surface area contributed by atoms with Crippen molar-refractivity contribution in [3.05, 3.63) is 51.2 Å². The lowest BCUT2D eigenvalue weighted by Gasteiger charge is -2.04. The predicted octanol–water partition coefficient (Wildman–Crippen LogP) is 3.53. The molecule has 0 bridgehead atoms. The zero-order valence-corrected chi connectivity index (χ0v) is 10.2. The van der Waals surface area contributed by atoms with Gasteiger partial charge in [-0.05, 0) is 18.2 Å². The molecule has 3 nitrogen and oxygen atoms in total. The van der Waals surface area contributed by atoms with E-state index in [9.17, 15) is 4.79 Å². The lowest BCUT2D eigenvalue weighted by Crippen LogP contribution is -2.11. The van der Waals surface area contributed by atoms with Crippen LogP contribution in [0, 0.1) is 11.3 Å². The number of hydrogen-bond acceptors (Lipinski definition) is 3. The highest BCUT2D eigenvalue weighted by atomic mass is 35.5. The molecule has 84 valence electrons. The molecule has 0 saturated heterocycles. The largest absolute Gasteiger partial charge is 0.320 e. The number of carbonyl (C=O) groups excluding carboxylic acids is 1. The van der Waals surface area contributed by atoms with Gasteiger partial charge in [-0.25, -0.2) is 0 Å². The molecule has 0 aliphatic heterocycles. The van der Waals surface area contributed by atoms with E-state index in [2.05, 4.69) is 5.32 Å². The van der Waals surface area contributed by atoms with Crippen LogP contribution >= 0.6 is 22.9 Å². The first-order chi connectivity index (χ1) is 8.20. The monoisotopic (exact) mass is 262 g/mol. The Balaban J connectivity index is 2.22. The number of nitrogens with one attached hydrogen (secondary N) is 1. The molecule has 0 unspecified atom stereocenters. The smallest absolute Gasteiger partial charge is 0.265 e. The molecule has 1 aromatic carbocycles. The Bertz CT molecular complexity index is 601. The number of carbonyl (C=O) groups is 1. The molecule has 5 heteroatoms. The van der Waals surface area contributed by atoms with Crippen molar-refractivity contribution < 1.29 is 4.79 Å². The Morgan fingerprint density at radius 2 is 2.18 bits per heavy atom. The first kappa shape index (κ1) is 11.6. The summed E-state index contributed by atoms with van der Waals surface area (Å²) in [5.74, 6) is -0.260. The summed E-state index contributed by atoms with van der Waals surface area (Å²) in [7, 11) is 0. The van der Waals surface area contributed by atoms with Crippen molar-refractivity contribution in [3.63, 3.8) is 0 Å². The number of halogens is 1. The summed E-state index contributed by atoms with van der Waals surface area (Å²) in [5.41, 5.74) is 0.938. The van der Waals surface area contributed by atoms with Gasteiger partial charge in [-0.1, -0.05) is 23.7 Å². The molecule has 1 amide bonds. The minimum absolute atomic E-state index is 0.260. The molecular formula is C12H7ClN2OS. The summed E-state index contributed by atoms with van der Waals surface area (Å²) in [5, 5.41) is 13.8. The van der Waals surface area contributed by atoms with Crippen LogP contribution in [0.5, 0.6) is 0 Å². The highest BCUT2D eigenvalue weighted by Crippen LogP contribution is 2.21. The van der Waals surface area contributed by atoms with Crippen molar-refractivity contribution in [3.8, 4) is 6.07 Å². The van der Waals surface area contributed by atoms with E-state index in [1.165, 1.54) is 11.3 Å². The summed E-state index contributed by atoms with van der Waals surface area (Å²) in [6, 6.07) is 10.5. The molecule has 2 aromatic rings. The predicted molar refractivity (Wildman–Crippen MR) is 68.4 cm³/mol. The van der Waals surface area contributed by atoms with Crippen molar-refractivity contribution >= 4 is 34.5 Å². The first-order valence-electron chi connectivity index (χ1n) is 4.75. The van der Waals surface area contributed by atoms with Crippen molar-refractivity contribution in [2.45, 2.75) is 0 Å². The molecule has 17 heavy (non-hydrogen) atoms. The van der Waals surface area contributed by atoms with Crippen LogP contribution in [0.15, 0.2) is 35.7 Å². The van der Waals surface area contributed by atoms with Gasteiger partial charge in [-0.3, -0.25) is 4.79 Å². The second-order valence-corrected chi connectivity index (χ2v) is 4.59. The van der Waals surface area contributed by atoms with Gasteiger partial charge in [0.25, 0.3) is 5.91 Å². The molecule has 1 heterocycles. The number of para-hydroxylation sites is 1. The van der Waals surface area contributed by atoms with Crippen molar-refractivity contribution in [1.29, 1.82) is 5.26 Å². The van der Waals surface area contributed by atoms with Crippen LogP contribution in [0.1, 0.15) is 15.2 Å². The molecular weight excluding hydrogens is 256 g/mol. The molecule has 0 aliphatic carbocycles. The number of rotatable bonds is 2. The summed E-state index contributed by atoms with van der Waals surface area (Å²) in [6.07, 6.45) is 0. The number of benzene rings is 1. The highest BCUT2D eigenvalue weighted by molar-refractivity contribution is 7.12. The minimum Gasteiger partial charge on any atom is -0.320 e. The van der Waals surface area contributed by atoms with Crippen LogP contribution in [0.3, 0.4) is 0 Å². The van der Waals surface area contributed by atoms with E-state index < -0.39 is 0 Å². The topological polar surface area (TPSA) is 52.9 Å². The van der Waals surface area contributed by atoms with Crippen molar-refractivity contribution in [2.24, 2.45) is 0 Å². The average molecular weight is 263 g/mol. The van der Waals surface area contributed by atoms with Crippen molar-refractivity contribution in [2.75, 3.05) is 5.32 Å². The molecule has 0 fully saturated rings. The van der Waals surface area contributed by atoms with E-state index in [1.54, 1.807) is 35.7 Å². The third kappa shape index (κ3) is 2.64. The fourth-order valence-corrected chi connectivity index (χ4v) is 2.27. The van der Waals surface area contributed by atoms with Gasteiger partial charge in [0.1, 0.15) is 6.07 Å². The average Bonchev–Trinajstić information content (AvgIpc) is 2.77. The molecule has 1 aromatic heterocycles. The minimum atomic E-state index is -0.260. The summed E-state index contributed by atoms with van der Waals surface area (Å²) < 4.78 is 0. The lowest BCUT2D eigenvalue weighted by molar-refractivity contribution is 0.103. The van der Waals surface area contributed by atoms with Crippen LogP contribution in [0.4, 0.5) is 5.69 Å². The third-order valence-corrected chi connectivity index (χ3v) is 3.36. The zero-order valence-electron chi connectivity index (χ0n) is 8.61. The SMILES string of the molecule is N#Cc1ccccc1NC(=O)c1cc(Cl)cs1. The van der Waals surface area contributed by atoms with Gasteiger partial charge >= 0.3 is 0 Å². The lowest BCUT2D eigenvalue weighted by atomic mass is 10.2. The molecule has 2 rings (SSSR count). The van der Waals surface area contributed by atoms with E-state index in [0.29, 0.717) is 21.2 Å². The molecule has 0 radical (unpaired) electrons. The van der Waals surface area contributed by atoms with Gasteiger partial charge in [-0.15, -0.1) is 11.3 Å². The maximum atomic E-state index is 11.8. The van der Waals surface area contributed by atoms with E-state index in [4.69, 9.17) is 16.9 Å². The molecule has 0 atom stereocenters. The maximum absolute atomic E-state index is 11.8. The number of hydrogen-bond donors (Lipinski definition) is 1. The standard InChI is InChI=1S/C12H7ClN2OS/c13-9-5-11(17-7-9)12(16)15-10-4-2-1-3-8(10)6-14/h1-5,7H,(H,15,16). The van der Waals surface area contributed by atoms with Crippen LogP contribution in [-0.2, 0) is 0 Å². The Kier molecular flexibility index (Phi) is 3.43. The van der Waals surface area contributed by atoms with Gasteiger partial charge in [-0.2, -0.15) is 5.26 Å². The second kappa shape index (κ2) is 5.00. The van der Waals surface area contributed by atoms with Crippen LogP contribution in [0.25, 0.3) is 0 Å². The number of amides is 1. The summed E-state index contributed by atoms with van der Waals surface area (Å²) in [6.45, 7) is 0. The van der Waals surface area contributed by atoms with E-state index >= 15 is 0 Å². The Morgan fingerprint density at radius 3 is 2.82 bits per heavy atom. The highest BCUT2D eigenvalue weighted by Gasteiger charge is 2.10. The van der Waals surface area contributed by atoms with Crippen molar-refractivity contribution in [1.82, 2.24) is 0 Å². The van der Waals surface area contributed by atoms with E-state index in [0.717, 1.165) is 0 Å². The van der Waals surface area contributed by atoms with Crippen LogP contribution < -0.4 is 5.32 Å². The number of anilines is 1. The zero-order chi connectivity index (χ0) is 12.3.